The van der Waals surface area contributed by atoms with Crippen LogP contribution in [-0.4, -0.2) is 34.2 Å². The van der Waals surface area contributed by atoms with Gasteiger partial charge < -0.3 is 5.32 Å². The normalized spacial score (nSPS) is 20.6. The standard InChI is InChI=1S/C25H25N3O3S/c1-2-15-11-12-20-21(13-15)32-25(26-20)27-22(29)17-8-4-3-7-16(17)14-28-23(30)18-9-5-6-10-19(18)24(28)31/h5-6,9-13,16-17H,2-4,7-8,14H2,1H3,(H,26,27,29). The quantitative estimate of drug-likeness (QED) is 0.564. The van der Waals surface area contributed by atoms with E-state index in [1.54, 1.807) is 24.3 Å². The first-order chi connectivity index (χ1) is 15.5. The summed E-state index contributed by atoms with van der Waals surface area (Å²) in [5.41, 5.74) is 3.03. The maximum Gasteiger partial charge on any atom is 0.261 e. The minimum atomic E-state index is -0.256. The van der Waals surface area contributed by atoms with E-state index in [0.29, 0.717) is 16.3 Å². The molecule has 6 nitrogen and oxygen atoms in total. The lowest BCUT2D eigenvalue weighted by atomic mass is 9.78. The Kier molecular flexibility index (Phi) is 5.51. The summed E-state index contributed by atoms with van der Waals surface area (Å²) < 4.78 is 1.06. The maximum atomic E-state index is 13.2. The number of anilines is 1. The van der Waals surface area contributed by atoms with Crippen molar-refractivity contribution >= 4 is 44.4 Å². The second kappa shape index (κ2) is 8.47. The average molecular weight is 448 g/mol. The molecule has 2 unspecified atom stereocenters. The van der Waals surface area contributed by atoms with Gasteiger partial charge in [-0.2, -0.15) is 0 Å². The molecule has 164 valence electrons. The Morgan fingerprint density at radius 3 is 2.53 bits per heavy atom. The second-order valence-corrected chi connectivity index (χ2v) is 9.61. The molecule has 2 heterocycles. The zero-order valence-electron chi connectivity index (χ0n) is 18.0. The first kappa shape index (κ1) is 20.8. The van der Waals surface area contributed by atoms with Gasteiger partial charge in [0.25, 0.3) is 11.8 Å². The highest BCUT2D eigenvalue weighted by Crippen LogP contribution is 2.35. The molecule has 2 atom stereocenters. The summed E-state index contributed by atoms with van der Waals surface area (Å²) in [6, 6.07) is 13.1. The number of rotatable bonds is 5. The Hall–Kier alpha value is -3.06. The fourth-order valence-corrected chi connectivity index (χ4v) is 5.78. The van der Waals surface area contributed by atoms with Crippen molar-refractivity contribution in [2.75, 3.05) is 11.9 Å². The van der Waals surface area contributed by atoms with Gasteiger partial charge in [0, 0.05) is 12.5 Å². The SMILES string of the molecule is CCc1ccc2nc(NC(=O)C3CCCCC3CN3C(=O)c4ccccc4C3=O)sc2c1. The maximum absolute atomic E-state index is 13.2. The molecule has 3 amide bonds. The number of nitrogens with zero attached hydrogens (tertiary/aromatic N) is 2. The summed E-state index contributed by atoms with van der Waals surface area (Å²) in [6.07, 6.45) is 4.50. The van der Waals surface area contributed by atoms with Crippen LogP contribution in [0.2, 0.25) is 0 Å². The minimum Gasteiger partial charge on any atom is -0.302 e. The molecule has 1 aliphatic carbocycles. The van der Waals surface area contributed by atoms with Gasteiger partial charge in [-0.25, -0.2) is 4.98 Å². The molecule has 1 aliphatic heterocycles. The lowest BCUT2D eigenvalue weighted by Gasteiger charge is -2.32. The molecule has 1 saturated carbocycles. The molecular formula is C25H25N3O3S. The van der Waals surface area contributed by atoms with Crippen LogP contribution in [0, 0.1) is 11.8 Å². The monoisotopic (exact) mass is 447 g/mol. The Morgan fingerprint density at radius 1 is 1.09 bits per heavy atom. The van der Waals surface area contributed by atoms with Gasteiger partial charge in [-0.1, -0.05) is 49.3 Å². The van der Waals surface area contributed by atoms with Gasteiger partial charge in [-0.05, 0) is 55.0 Å². The van der Waals surface area contributed by atoms with Gasteiger partial charge in [-0.15, -0.1) is 0 Å². The fourth-order valence-electron chi connectivity index (χ4n) is 4.85. The first-order valence-corrected chi connectivity index (χ1v) is 12.0. The summed E-state index contributed by atoms with van der Waals surface area (Å²) >= 11 is 1.48. The van der Waals surface area contributed by atoms with Gasteiger partial charge in [0.15, 0.2) is 5.13 Å². The van der Waals surface area contributed by atoms with E-state index < -0.39 is 0 Å². The van der Waals surface area contributed by atoms with E-state index in [2.05, 4.69) is 29.4 Å². The summed E-state index contributed by atoms with van der Waals surface area (Å²) in [7, 11) is 0. The van der Waals surface area contributed by atoms with Gasteiger partial charge in [0.05, 0.1) is 21.3 Å². The first-order valence-electron chi connectivity index (χ1n) is 11.2. The van der Waals surface area contributed by atoms with Crippen LogP contribution in [0.3, 0.4) is 0 Å². The number of amides is 3. The second-order valence-electron chi connectivity index (χ2n) is 8.58. The molecule has 0 saturated heterocycles. The van der Waals surface area contributed by atoms with Crippen molar-refractivity contribution in [3.8, 4) is 0 Å². The van der Waals surface area contributed by atoms with Crippen molar-refractivity contribution in [2.24, 2.45) is 11.8 Å². The number of benzene rings is 2. The smallest absolute Gasteiger partial charge is 0.261 e. The zero-order valence-corrected chi connectivity index (χ0v) is 18.8. The number of aromatic nitrogens is 1. The summed E-state index contributed by atoms with van der Waals surface area (Å²) in [5.74, 6) is -0.874. The fraction of sp³-hybridized carbons (Fsp3) is 0.360. The molecule has 2 aliphatic rings. The third-order valence-electron chi connectivity index (χ3n) is 6.63. The molecular weight excluding hydrogens is 422 g/mol. The average Bonchev–Trinajstić information content (AvgIpc) is 3.32. The topological polar surface area (TPSA) is 79.4 Å². The van der Waals surface area contributed by atoms with Crippen molar-refractivity contribution < 1.29 is 14.4 Å². The molecule has 2 aromatic carbocycles. The number of carbonyl (C=O) groups is 3. The van der Waals surface area contributed by atoms with Crippen LogP contribution in [-0.2, 0) is 11.2 Å². The summed E-state index contributed by atoms with van der Waals surface area (Å²) in [5, 5.41) is 3.61. The predicted octanol–water partition coefficient (Wildman–Crippen LogP) is 4.90. The number of hydrogen-bond donors (Lipinski definition) is 1. The van der Waals surface area contributed by atoms with E-state index in [4.69, 9.17) is 0 Å². The summed E-state index contributed by atoms with van der Waals surface area (Å²) in [6.45, 7) is 2.40. The predicted molar refractivity (Wildman–Crippen MR) is 125 cm³/mol. The number of aryl methyl sites for hydroxylation is 1. The number of nitrogens with one attached hydrogen (secondary N) is 1. The molecule has 1 aromatic heterocycles. The van der Waals surface area contributed by atoms with Crippen molar-refractivity contribution in [2.45, 2.75) is 39.0 Å². The van der Waals surface area contributed by atoms with Crippen molar-refractivity contribution in [1.29, 1.82) is 0 Å². The zero-order chi connectivity index (χ0) is 22.2. The Balaban J connectivity index is 1.32. The van der Waals surface area contributed by atoms with E-state index in [-0.39, 0.29) is 36.1 Å². The van der Waals surface area contributed by atoms with Gasteiger partial charge in [-0.3, -0.25) is 19.3 Å². The molecule has 1 N–H and O–H groups in total. The molecule has 32 heavy (non-hydrogen) atoms. The van der Waals surface area contributed by atoms with Crippen LogP contribution in [0.4, 0.5) is 5.13 Å². The van der Waals surface area contributed by atoms with E-state index in [9.17, 15) is 14.4 Å². The molecule has 3 aromatic rings. The number of carbonyl (C=O) groups excluding carboxylic acids is 3. The van der Waals surface area contributed by atoms with Crippen LogP contribution >= 0.6 is 11.3 Å². The number of hydrogen-bond acceptors (Lipinski definition) is 5. The lowest BCUT2D eigenvalue weighted by Crippen LogP contribution is -2.41. The van der Waals surface area contributed by atoms with E-state index in [0.717, 1.165) is 42.3 Å². The van der Waals surface area contributed by atoms with Gasteiger partial charge >= 0.3 is 0 Å². The Morgan fingerprint density at radius 2 is 1.81 bits per heavy atom. The van der Waals surface area contributed by atoms with Crippen molar-refractivity contribution in [3.05, 3.63) is 59.2 Å². The van der Waals surface area contributed by atoms with E-state index in [1.807, 2.05) is 6.07 Å². The third kappa shape index (κ3) is 3.71. The highest BCUT2D eigenvalue weighted by molar-refractivity contribution is 7.22. The summed E-state index contributed by atoms with van der Waals surface area (Å²) in [4.78, 5) is 44.7. The number of fused-ring (bicyclic) bond motifs is 2. The third-order valence-corrected chi connectivity index (χ3v) is 7.57. The van der Waals surface area contributed by atoms with Crippen molar-refractivity contribution in [1.82, 2.24) is 9.88 Å². The number of thiazole rings is 1. The Bertz CT molecular complexity index is 1180. The van der Waals surface area contributed by atoms with Crippen LogP contribution in [0.25, 0.3) is 10.2 Å². The molecule has 5 rings (SSSR count). The van der Waals surface area contributed by atoms with Crippen LogP contribution in [0.1, 0.15) is 58.9 Å². The lowest BCUT2D eigenvalue weighted by molar-refractivity contribution is -0.122. The van der Waals surface area contributed by atoms with Crippen LogP contribution in [0.5, 0.6) is 0 Å². The molecule has 7 heteroatoms. The number of imide groups is 1. The van der Waals surface area contributed by atoms with Gasteiger partial charge in [0.2, 0.25) is 5.91 Å². The Labute approximate surface area is 190 Å². The molecule has 0 spiro atoms. The van der Waals surface area contributed by atoms with Gasteiger partial charge in [0.1, 0.15) is 0 Å². The highest BCUT2D eigenvalue weighted by atomic mass is 32.1. The largest absolute Gasteiger partial charge is 0.302 e. The van der Waals surface area contributed by atoms with E-state index in [1.165, 1.54) is 21.8 Å². The van der Waals surface area contributed by atoms with E-state index >= 15 is 0 Å². The van der Waals surface area contributed by atoms with Crippen molar-refractivity contribution in [3.63, 3.8) is 0 Å². The minimum absolute atomic E-state index is 0.0490. The van der Waals surface area contributed by atoms with Crippen LogP contribution in [0.15, 0.2) is 42.5 Å². The molecule has 0 radical (unpaired) electrons. The highest BCUT2D eigenvalue weighted by Gasteiger charge is 2.40. The molecule has 0 bridgehead atoms. The molecule has 1 fully saturated rings. The van der Waals surface area contributed by atoms with Crippen LogP contribution < -0.4 is 5.32 Å².